The summed E-state index contributed by atoms with van der Waals surface area (Å²) in [5.74, 6) is -1.94. The summed E-state index contributed by atoms with van der Waals surface area (Å²) >= 11 is 0. The fourth-order valence-corrected chi connectivity index (χ4v) is 1.60. The van der Waals surface area contributed by atoms with Gasteiger partial charge in [0.1, 0.15) is 0 Å². The number of hydrogen-bond acceptors (Lipinski definition) is 4. The minimum Gasteiger partial charge on any atom is -0.550 e. The van der Waals surface area contributed by atoms with Crippen molar-refractivity contribution in [2.24, 2.45) is 0 Å². The summed E-state index contributed by atoms with van der Waals surface area (Å²) in [5.41, 5.74) is 0. The van der Waals surface area contributed by atoms with Gasteiger partial charge in [-0.3, -0.25) is 0 Å². The predicted octanol–water partition coefficient (Wildman–Crippen LogP) is 0.00640. The molecule has 0 unspecified atom stereocenters. The predicted molar refractivity (Wildman–Crippen MR) is 61.9 cm³/mol. The van der Waals surface area contributed by atoms with Crippen molar-refractivity contribution in [1.82, 2.24) is 0 Å². The van der Waals surface area contributed by atoms with Crippen molar-refractivity contribution in [1.29, 1.82) is 0 Å². The summed E-state index contributed by atoms with van der Waals surface area (Å²) in [7, 11) is 0. The maximum absolute atomic E-state index is 10.1. The number of carboxylic acid groups (broad SMARTS) is 2. The number of carbonyl (C=O) groups excluding carboxylic acids is 2. The van der Waals surface area contributed by atoms with Gasteiger partial charge in [0, 0.05) is 11.9 Å². The van der Waals surface area contributed by atoms with Crippen LogP contribution in [0.4, 0.5) is 0 Å². The van der Waals surface area contributed by atoms with E-state index in [-0.39, 0.29) is 35.9 Å². The SMILES string of the molecule is O=C([O-])CCCCCCCCCCC(=O)[O-].[Mg+2]. The molecule has 94 valence electrons. The minimum absolute atomic E-state index is 0. The van der Waals surface area contributed by atoms with Crippen LogP contribution in [0.2, 0.25) is 0 Å². The first-order valence-electron chi connectivity index (χ1n) is 6.02. The average molecular weight is 253 g/mol. The molecule has 0 rings (SSSR count). The quantitative estimate of drug-likeness (QED) is 0.383. The van der Waals surface area contributed by atoms with E-state index in [1.165, 1.54) is 0 Å². The van der Waals surface area contributed by atoms with Gasteiger partial charge in [-0.1, -0.05) is 38.5 Å². The molecule has 0 aliphatic heterocycles. The van der Waals surface area contributed by atoms with Gasteiger partial charge in [-0.2, -0.15) is 0 Å². The molecule has 0 aromatic rings. The third-order valence-electron chi connectivity index (χ3n) is 2.51. The molecule has 0 aromatic heterocycles. The standard InChI is InChI=1S/C12H22O4.Mg/c13-11(14)9-7-5-3-1-2-4-6-8-10-12(15)16;/h1-10H2,(H,13,14)(H,15,16);/q;+2/p-2. The molecule has 0 amide bonds. The van der Waals surface area contributed by atoms with E-state index in [1.54, 1.807) is 0 Å². The van der Waals surface area contributed by atoms with E-state index in [9.17, 15) is 19.8 Å². The topological polar surface area (TPSA) is 80.3 Å². The molecule has 0 bridgehead atoms. The number of aliphatic carboxylic acids is 2. The molecule has 0 atom stereocenters. The molecular weight excluding hydrogens is 232 g/mol. The zero-order valence-corrected chi connectivity index (χ0v) is 11.8. The van der Waals surface area contributed by atoms with Crippen molar-refractivity contribution >= 4 is 35.0 Å². The number of rotatable bonds is 11. The van der Waals surface area contributed by atoms with Crippen LogP contribution in [0.3, 0.4) is 0 Å². The van der Waals surface area contributed by atoms with Crippen LogP contribution in [0.5, 0.6) is 0 Å². The first-order valence-corrected chi connectivity index (χ1v) is 6.02. The van der Waals surface area contributed by atoms with Crippen molar-refractivity contribution in [2.75, 3.05) is 0 Å². The molecule has 0 aliphatic carbocycles. The van der Waals surface area contributed by atoms with E-state index >= 15 is 0 Å². The van der Waals surface area contributed by atoms with E-state index in [0.717, 1.165) is 38.5 Å². The monoisotopic (exact) mass is 252 g/mol. The second-order valence-electron chi connectivity index (χ2n) is 4.07. The smallest absolute Gasteiger partial charge is 0.550 e. The Morgan fingerprint density at radius 2 is 0.824 bits per heavy atom. The van der Waals surface area contributed by atoms with E-state index < -0.39 is 11.9 Å². The van der Waals surface area contributed by atoms with Crippen LogP contribution in [-0.4, -0.2) is 35.0 Å². The van der Waals surface area contributed by atoms with E-state index in [1.807, 2.05) is 0 Å². The maximum atomic E-state index is 10.1. The second-order valence-corrected chi connectivity index (χ2v) is 4.07. The van der Waals surface area contributed by atoms with Crippen LogP contribution >= 0.6 is 0 Å². The normalized spacial score (nSPS) is 9.65. The Kier molecular flexibility index (Phi) is 15.4. The van der Waals surface area contributed by atoms with Crippen molar-refractivity contribution in [3.05, 3.63) is 0 Å². The molecule has 4 nitrogen and oxygen atoms in total. The van der Waals surface area contributed by atoms with E-state index in [0.29, 0.717) is 12.8 Å². The molecular formula is C12H20MgO4. The molecule has 0 aromatic carbocycles. The number of hydrogen-bond donors (Lipinski definition) is 0. The Balaban J connectivity index is 0. The van der Waals surface area contributed by atoms with Gasteiger partial charge in [-0.05, 0) is 25.7 Å². The summed E-state index contributed by atoms with van der Waals surface area (Å²) < 4.78 is 0. The van der Waals surface area contributed by atoms with Crippen LogP contribution in [0, 0.1) is 0 Å². The van der Waals surface area contributed by atoms with Gasteiger partial charge in [-0.15, -0.1) is 0 Å². The van der Waals surface area contributed by atoms with Gasteiger partial charge in [0.25, 0.3) is 0 Å². The summed E-state index contributed by atoms with van der Waals surface area (Å²) in [6, 6.07) is 0. The van der Waals surface area contributed by atoms with Crippen molar-refractivity contribution in [3.8, 4) is 0 Å². The average Bonchev–Trinajstić information content (AvgIpc) is 2.20. The van der Waals surface area contributed by atoms with Gasteiger partial charge < -0.3 is 19.8 Å². The van der Waals surface area contributed by atoms with Crippen LogP contribution in [0.1, 0.15) is 64.2 Å². The van der Waals surface area contributed by atoms with E-state index in [4.69, 9.17) is 0 Å². The van der Waals surface area contributed by atoms with Crippen LogP contribution in [-0.2, 0) is 9.59 Å². The van der Waals surface area contributed by atoms with Gasteiger partial charge in [-0.25, -0.2) is 0 Å². The third kappa shape index (κ3) is 18.3. The van der Waals surface area contributed by atoms with Crippen LogP contribution in [0.15, 0.2) is 0 Å². The Morgan fingerprint density at radius 3 is 1.06 bits per heavy atom. The Morgan fingerprint density at radius 1 is 0.588 bits per heavy atom. The number of unbranched alkanes of at least 4 members (excludes halogenated alkanes) is 7. The van der Waals surface area contributed by atoms with Gasteiger partial charge in [0.05, 0.1) is 0 Å². The number of carbonyl (C=O) groups is 2. The molecule has 0 spiro atoms. The second kappa shape index (κ2) is 13.8. The molecule has 0 saturated carbocycles. The number of carboxylic acids is 2. The molecule has 0 heterocycles. The molecule has 0 fully saturated rings. The first-order chi connectivity index (χ1) is 7.63. The maximum Gasteiger partial charge on any atom is 2.00 e. The van der Waals surface area contributed by atoms with Gasteiger partial charge in [0.15, 0.2) is 0 Å². The zero-order chi connectivity index (χ0) is 12.2. The zero-order valence-electron chi connectivity index (χ0n) is 10.4. The summed E-state index contributed by atoms with van der Waals surface area (Å²) in [6.45, 7) is 0. The van der Waals surface area contributed by atoms with Crippen molar-refractivity contribution in [2.45, 2.75) is 64.2 Å². The summed E-state index contributed by atoms with van der Waals surface area (Å²) in [6.07, 6.45) is 7.88. The van der Waals surface area contributed by atoms with Gasteiger partial charge in [0.2, 0.25) is 0 Å². The first kappa shape index (κ1) is 19.1. The fraction of sp³-hybridized carbons (Fsp3) is 0.833. The Labute approximate surface area is 119 Å². The molecule has 0 aliphatic rings. The third-order valence-corrected chi connectivity index (χ3v) is 2.51. The minimum atomic E-state index is -0.970. The largest absolute Gasteiger partial charge is 2.00 e. The molecule has 5 heteroatoms. The van der Waals surface area contributed by atoms with Crippen molar-refractivity contribution < 1.29 is 19.8 Å². The van der Waals surface area contributed by atoms with Crippen molar-refractivity contribution in [3.63, 3.8) is 0 Å². The molecule has 0 radical (unpaired) electrons. The fourth-order valence-electron chi connectivity index (χ4n) is 1.60. The molecule has 0 N–H and O–H groups in total. The summed E-state index contributed by atoms with van der Waals surface area (Å²) in [4.78, 5) is 20.2. The van der Waals surface area contributed by atoms with Crippen LogP contribution < -0.4 is 10.2 Å². The Hall–Kier alpha value is -0.294. The van der Waals surface area contributed by atoms with E-state index in [2.05, 4.69) is 0 Å². The summed E-state index contributed by atoms with van der Waals surface area (Å²) in [5, 5.41) is 20.2. The van der Waals surface area contributed by atoms with Gasteiger partial charge >= 0.3 is 23.1 Å². The Bertz CT molecular complexity index is 185. The van der Waals surface area contributed by atoms with Crippen LogP contribution in [0.25, 0.3) is 0 Å². The molecule has 0 saturated heterocycles. The molecule has 17 heavy (non-hydrogen) atoms.